The number of rotatable bonds is 4. The fourth-order valence-electron chi connectivity index (χ4n) is 1.42. The van der Waals surface area contributed by atoms with Gasteiger partial charge in [0.15, 0.2) is 0 Å². The first-order valence-electron chi connectivity index (χ1n) is 4.86. The molecule has 0 spiro atoms. The smallest absolute Gasteiger partial charge is 0.0951 e. The second kappa shape index (κ2) is 4.42. The summed E-state index contributed by atoms with van der Waals surface area (Å²) in [6.45, 7) is 7.21. The van der Waals surface area contributed by atoms with E-state index in [0.717, 1.165) is 6.42 Å². The molecule has 1 rings (SSSR count). The molecular formula is C10H19N3. The molecule has 0 saturated carbocycles. The highest BCUT2D eigenvalue weighted by Crippen LogP contribution is 2.12. The summed E-state index contributed by atoms with van der Waals surface area (Å²) >= 11 is 0. The monoisotopic (exact) mass is 181 g/mol. The van der Waals surface area contributed by atoms with Crippen molar-refractivity contribution in [1.29, 1.82) is 0 Å². The molecule has 0 amide bonds. The Kier molecular flexibility index (Phi) is 3.48. The Morgan fingerprint density at radius 3 is 2.69 bits per heavy atom. The minimum atomic E-state index is 0.358. The molecule has 1 atom stereocenters. The normalized spacial score (nSPS) is 13.6. The molecule has 1 unspecified atom stereocenters. The van der Waals surface area contributed by atoms with Crippen LogP contribution in [-0.4, -0.2) is 16.1 Å². The van der Waals surface area contributed by atoms with Crippen LogP contribution in [0.15, 0.2) is 12.5 Å². The van der Waals surface area contributed by atoms with E-state index in [1.165, 1.54) is 5.69 Å². The van der Waals surface area contributed by atoms with Gasteiger partial charge >= 0.3 is 0 Å². The highest BCUT2D eigenvalue weighted by Gasteiger charge is 2.08. The Labute approximate surface area is 80.0 Å². The third kappa shape index (κ3) is 2.56. The van der Waals surface area contributed by atoms with Crippen LogP contribution >= 0.6 is 0 Å². The molecule has 3 nitrogen and oxygen atoms in total. The molecule has 0 radical (unpaired) electrons. The summed E-state index contributed by atoms with van der Waals surface area (Å²) in [5, 5.41) is 0. The topological polar surface area (TPSA) is 43.8 Å². The van der Waals surface area contributed by atoms with Crippen LogP contribution in [0.4, 0.5) is 0 Å². The standard InChI is InChI=1S/C10H19N3/c1-8(2)4-10-6-12-7-13(10)9(3)5-11/h6-9H,4-5,11H2,1-3H3. The number of aromatic nitrogens is 2. The summed E-state index contributed by atoms with van der Waals surface area (Å²) in [5.41, 5.74) is 6.90. The van der Waals surface area contributed by atoms with Crippen molar-refractivity contribution in [1.82, 2.24) is 9.55 Å². The van der Waals surface area contributed by atoms with Crippen molar-refractivity contribution in [2.45, 2.75) is 33.2 Å². The molecule has 1 aromatic rings. The van der Waals surface area contributed by atoms with E-state index in [9.17, 15) is 0 Å². The Hall–Kier alpha value is -0.830. The molecule has 0 aromatic carbocycles. The van der Waals surface area contributed by atoms with Crippen LogP contribution in [0.3, 0.4) is 0 Å². The molecular weight excluding hydrogens is 162 g/mol. The molecule has 0 aliphatic carbocycles. The van der Waals surface area contributed by atoms with E-state index in [4.69, 9.17) is 5.73 Å². The molecule has 1 heterocycles. The molecule has 3 heteroatoms. The van der Waals surface area contributed by atoms with Gasteiger partial charge in [-0.25, -0.2) is 4.98 Å². The summed E-state index contributed by atoms with van der Waals surface area (Å²) in [6.07, 6.45) is 4.88. The number of imidazole rings is 1. The maximum absolute atomic E-state index is 5.61. The van der Waals surface area contributed by atoms with E-state index in [-0.39, 0.29) is 0 Å². The van der Waals surface area contributed by atoms with Crippen LogP contribution in [0.25, 0.3) is 0 Å². The lowest BCUT2D eigenvalue weighted by Gasteiger charge is -2.15. The average molecular weight is 181 g/mol. The lowest BCUT2D eigenvalue weighted by Crippen LogP contribution is -2.17. The van der Waals surface area contributed by atoms with E-state index in [2.05, 4.69) is 30.3 Å². The summed E-state index contributed by atoms with van der Waals surface area (Å²) < 4.78 is 2.17. The predicted molar refractivity (Wildman–Crippen MR) is 54.5 cm³/mol. The zero-order chi connectivity index (χ0) is 9.84. The van der Waals surface area contributed by atoms with Gasteiger partial charge in [0.25, 0.3) is 0 Å². The first-order valence-corrected chi connectivity index (χ1v) is 4.86. The van der Waals surface area contributed by atoms with Crippen molar-refractivity contribution >= 4 is 0 Å². The van der Waals surface area contributed by atoms with Gasteiger partial charge in [0, 0.05) is 24.5 Å². The molecule has 0 bridgehead atoms. The second-order valence-electron chi connectivity index (χ2n) is 3.97. The second-order valence-corrected chi connectivity index (χ2v) is 3.97. The van der Waals surface area contributed by atoms with E-state index in [1.807, 2.05) is 12.5 Å². The fourth-order valence-corrected chi connectivity index (χ4v) is 1.42. The summed E-state index contributed by atoms with van der Waals surface area (Å²) in [7, 11) is 0. The molecule has 0 fully saturated rings. The van der Waals surface area contributed by atoms with Crippen LogP contribution in [-0.2, 0) is 6.42 Å². The predicted octanol–water partition coefficient (Wildman–Crippen LogP) is 1.60. The highest BCUT2D eigenvalue weighted by atomic mass is 15.1. The zero-order valence-electron chi connectivity index (χ0n) is 8.70. The van der Waals surface area contributed by atoms with Crippen LogP contribution in [0.1, 0.15) is 32.5 Å². The van der Waals surface area contributed by atoms with Crippen LogP contribution in [0.5, 0.6) is 0 Å². The molecule has 74 valence electrons. The quantitative estimate of drug-likeness (QED) is 0.766. The summed E-state index contributed by atoms with van der Waals surface area (Å²) in [6, 6.07) is 0.358. The SMILES string of the molecule is CC(C)Cc1cncn1C(C)CN. The third-order valence-electron chi connectivity index (χ3n) is 2.18. The lowest BCUT2D eigenvalue weighted by molar-refractivity contribution is 0.514. The van der Waals surface area contributed by atoms with Crippen molar-refractivity contribution in [2.75, 3.05) is 6.54 Å². The van der Waals surface area contributed by atoms with Crippen molar-refractivity contribution in [3.05, 3.63) is 18.2 Å². The van der Waals surface area contributed by atoms with Gasteiger partial charge in [0.1, 0.15) is 0 Å². The molecule has 0 saturated heterocycles. The van der Waals surface area contributed by atoms with Gasteiger partial charge in [0.2, 0.25) is 0 Å². The molecule has 0 aliphatic rings. The largest absolute Gasteiger partial charge is 0.331 e. The Balaban J connectivity index is 2.76. The lowest BCUT2D eigenvalue weighted by atomic mass is 10.1. The van der Waals surface area contributed by atoms with E-state index in [1.54, 1.807) is 0 Å². The number of nitrogens with two attached hydrogens (primary N) is 1. The van der Waals surface area contributed by atoms with E-state index >= 15 is 0 Å². The van der Waals surface area contributed by atoms with Crippen LogP contribution in [0, 0.1) is 5.92 Å². The van der Waals surface area contributed by atoms with Crippen molar-refractivity contribution in [2.24, 2.45) is 11.7 Å². The van der Waals surface area contributed by atoms with Crippen LogP contribution < -0.4 is 5.73 Å². The van der Waals surface area contributed by atoms with E-state index < -0.39 is 0 Å². The molecule has 0 aliphatic heterocycles. The minimum Gasteiger partial charge on any atom is -0.331 e. The van der Waals surface area contributed by atoms with Gasteiger partial charge < -0.3 is 10.3 Å². The highest BCUT2D eigenvalue weighted by molar-refractivity contribution is 5.01. The van der Waals surface area contributed by atoms with Gasteiger partial charge in [-0.15, -0.1) is 0 Å². The zero-order valence-corrected chi connectivity index (χ0v) is 8.70. The van der Waals surface area contributed by atoms with Crippen molar-refractivity contribution < 1.29 is 0 Å². The first kappa shape index (κ1) is 10.3. The van der Waals surface area contributed by atoms with Gasteiger partial charge in [-0.05, 0) is 19.3 Å². The number of hydrogen-bond donors (Lipinski definition) is 1. The summed E-state index contributed by atoms with van der Waals surface area (Å²) in [5.74, 6) is 0.667. The Morgan fingerprint density at radius 2 is 2.15 bits per heavy atom. The molecule has 1 aromatic heterocycles. The Morgan fingerprint density at radius 1 is 1.46 bits per heavy atom. The van der Waals surface area contributed by atoms with E-state index in [0.29, 0.717) is 18.5 Å². The number of hydrogen-bond acceptors (Lipinski definition) is 2. The summed E-state index contributed by atoms with van der Waals surface area (Å²) in [4.78, 5) is 4.15. The maximum atomic E-state index is 5.61. The average Bonchev–Trinajstić information content (AvgIpc) is 2.50. The third-order valence-corrected chi connectivity index (χ3v) is 2.18. The fraction of sp³-hybridized carbons (Fsp3) is 0.700. The van der Waals surface area contributed by atoms with Crippen molar-refractivity contribution in [3.63, 3.8) is 0 Å². The van der Waals surface area contributed by atoms with Gasteiger partial charge in [-0.1, -0.05) is 13.8 Å². The van der Waals surface area contributed by atoms with Crippen LogP contribution in [0.2, 0.25) is 0 Å². The molecule has 2 N–H and O–H groups in total. The first-order chi connectivity index (χ1) is 6.15. The van der Waals surface area contributed by atoms with Gasteiger partial charge in [0.05, 0.1) is 6.33 Å². The van der Waals surface area contributed by atoms with Crippen molar-refractivity contribution in [3.8, 4) is 0 Å². The van der Waals surface area contributed by atoms with Gasteiger partial charge in [-0.2, -0.15) is 0 Å². The maximum Gasteiger partial charge on any atom is 0.0951 e. The van der Waals surface area contributed by atoms with Gasteiger partial charge in [-0.3, -0.25) is 0 Å². The molecule has 13 heavy (non-hydrogen) atoms. The minimum absolute atomic E-state index is 0.358. The number of nitrogens with zero attached hydrogens (tertiary/aromatic N) is 2. The Bertz CT molecular complexity index is 252.